The van der Waals surface area contributed by atoms with Gasteiger partial charge in [0.25, 0.3) is 0 Å². The van der Waals surface area contributed by atoms with Gasteiger partial charge in [0, 0.05) is 31.9 Å². The Balaban J connectivity index is 0.000000201. The SMILES string of the molecule is Clc1ccc(C(c2ccc(Cl)cc2)C(Cl)Cl)cc1.Clc1ccc(C(c2ccc(Cl)cc2)C(Cl)Cl)cc1. The van der Waals surface area contributed by atoms with Gasteiger partial charge in [-0.25, -0.2) is 0 Å². The third-order valence-electron chi connectivity index (χ3n) is 5.42. The van der Waals surface area contributed by atoms with Crippen molar-refractivity contribution in [2.75, 3.05) is 0 Å². The van der Waals surface area contributed by atoms with E-state index in [9.17, 15) is 0 Å². The van der Waals surface area contributed by atoms with E-state index in [1.54, 1.807) is 0 Å². The first-order valence-corrected chi connectivity index (χ1v) is 14.0. The van der Waals surface area contributed by atoms with Crippen molar-refractivity contribution in [3.05, 3.63) is 139 Å². The Labute approximate surface area is 251 Å². The van der Waals surface area contributed by atoms with Gasteiger partial charge in [0.15, 0.2) is 0 Å². The molecule has 4 aromatic carbocycles. The predicted molar refractivity (Wildman–Crippen MR) is 160 cm³/mol. The van der Waals surface area contributed by atoms with Gasteiger partial charge in [-0.15, -0.1) is 46.4 Å². The van der Waals surface area contributed by atoms with Crippen molar-refractivity contribution in [1.82, 2.24) is 0 Å². The van der Waals surface area contributed by atoms with Gasteiger partial charge >= 0.3 is 0 Å². The van der Waals surface area contributed by atoms with Crippen molar-refractivity contribution >= 4 is 92.8 Å². The van der Waals surface area contributed by atoms with E-state index in [4.69, 9.17) is 92.8 Å². The van der Waals surface area contributed by atoms with Crippen LogP contribution < -0.4 is 0 Å². The van der Waals surface area contributed by atoms with Crippen molar-refractivity contribution in [2.24, 2.45) is 0 Å². The zero-order chi connectivity index (χ0) is 26.2. The lowest BCUT2D eigenvalue weighted by molar-refractivity contribution is 0.887. The molecule has 36 heavy (non-hydrogen) atoms. The van der Waals surface area contributed by atoms with Crippen LogP contribution in [0, 0.1) is 0 Å². The van der Waals surface area contributed by atoms with Gasteiger partial charge in [-0.05, 0) is 70.8 Å². The number of alkyl halides is 4. The van der Waals surface area contributed by atoms with Gasteiger partial charge < -0.3 is 0 Å². The lowest BCUT2D eigenvalue weighted by Gasteiger charge is -2.19. The molecule has 0 aliphatic rings. The third-order valence-corrected chi connectivity index (χ3v) is 7.44. The molecule has 4 aromatic rings. The molecule has 0 unspecified atom stereocenters. The number of hydrogen-bond donors (Lipinski definition) is 0. The second-order valence-electron chi connectivity index (χ2n) is 7.83. The molecule has 0 nitrogen and oxygen atoms in total. The van der Waals surface area contributed by atoms with Crippen LogP contribution in [0.2, 0.25) is 20.1 Å². The molecule has 0 spiro atoms. The van der Waals surface area contributed by atoms with E-state index in [0.717, 1.165) is 22.3 Å². The first-order chi connectivity index (χ1) is 17.2. The van der Waals surface area contributed by atoms with E-state index in [1.807, 2.05) is 97.1 Å². The maximum absolute atomic E-state index is 6.09. The molecule has 0 aliphatic heterocycles. The highest BCUT2D eigenvalue weighted by Gasteiger charge is 2.22. The molecule has 0 radical (unpaired) electrons. The van der Waals surface area contributed by atoms with Crippen molar-refractivity contribution in [1.29, 1.82) is 0 Å². The highest BCUT2D eigenvalue weighted by molar-refractivity contribution is 6.45. The molecule has 0 amide bonds. The molecule has 0 saturated carbocycles. The summed E-state index contributed by atoms with van der Waals surface area (Å²) in [4.78, 5) is -1.07. The minimum Gasteiger partial charge on any atom is -0.104 e. The molecule has 0 N–H and O–H groups in total. The van der Waals surface area contributed by atoms with Gasteiger partial charge in [-0.2, -0.15) is 0 Å². The van der Waals surface area contributed by atoms with Gasteiger partial charge in [-0.1, -0.05) is 94.9 Å². The number of benzene rings is 4. The van der Waals surface area contributed by atoms with E-state index < -0.39 is 9.67 Å². The van der Waals surface area contributed by atoms with Crippen molar-refractivity contribution < 1.29 is 0 Å². The minimum absolute atomic E-state index is 0.0946. The van der Waals surface area contributed by atoms with Crippen LogP contribution in [0.15, 0.2) is 97.1 Å². The monoisotopic (exact) mass is 636 g/mol. The average Bonchev–Trinajstić information content (AvgIpc) is 2.84. The van der Waals surface area contributed by atoms with Gasteiger partial charge in [0.2, 0.25) is 0 Å². The normalized spacial score (nSPS) is 11.2. The molecule has 0 saturated heterocycles. The van der Waals surface area contributed by atoms with Gasteiger partial charge in [-0.3, -0.25) is 0 Å². The van der Waals surface area contributed by atoms with Crippen LogP contribution in [-0.4, -0.2) is 9.67 Å². The van der Waals surface area contributed by atoms with Crippen molar-refractivity contribution in [3.63, 3.8) is 0 Å². The standard InChI is InChI=1S/2C14H10Cl4/c2*15-11-5-1-9(2-6-11)13(14(17)18)10-3-7-12(16)8-4-10/h2*1-8,13-14H. The molecular formula is C28H20Cl8. The molecule has 0 aliphatic carbocycles. The number of halogens is 8. The largest absolute Gasteiger partial charge is 0.118 e. The summed E-state index contributed by atoms with van der Waals surface area (Å²) in [5.74, 6) is -0.189. The van der Waals surface area contributed by atoms with Crippen LogP contribution in [0.4, 0.5) is 0 Å². The number of hydrogen-bond acceptors (Lipinski definition) is 0. The fraction of sp³-hybridized carbons (Fsp3) is 0.143. The Morgan fingerprint density at radius 2 is 0.472 bits per heavy atom. The predicted octanol–water partition coefficient (Wildman–Crippen LogP) is 11.9. The molecule has 4 rings (SSSR count). The summed E-state index contributed by atoms with van der Waals surface area (Å²) in [6.07, 6.45) is 0. The first kappa shape index (κ1) is 29.8. The Morgan fingerprint density at radius 1 is 0.306 bits per heavy atom. The van der Waals surface area contributed by atoms with Crippen molar-refractivity contribution in [3.8, 4) is 0 Å². The molecule has 0 atom stereocenters. The van der Waals surface area contributed by atoms with Crippen molar-refractivity contribution in [2.45, 2.75) is 21.5 Å². The maximum atomic E-state index is 6.09. The minimum atomic E-state index is -0.535. The van der Waals surface area contributed by atoms with E-state index >= 15 is 0 Å². The summed E-state index contributed by atoms with van der Waals surface area (Å²) in [5.41, 5.74) is 4.10. The van der Waals surface area contributed by atoms with E-state index in [0.29, 0.717) is 20.1 Å². The van der Waals surface area contributed by atoms with Gasteiger partial charge in [0.05, 0.1) is 0 Å². The van der Waals surface area contributed by atoms with Crippen LogP contribution in [0.3, 0.4) is 0 Å². The summed E-state index contributed by atoms with van der Waals surface area (Å²) in [7, 11) is 0. The zero-order valence-corrected chi connectivity index (χ0v) is 24.6. The quantitative estimate of drug-likeness (QED) is 0.184. The second-order valence-corrected chi connectivity index (χ2v) is 11.9. The molecule has 0 aromatic heterocycles. The Bertz CT molecular complexity index is 1010. The Hall–Kier alpha value is -0.800. The number of rotatable bonds is 6. The topological polar surface area (TPSA) is 0 Å². The summed E-state index contributed by atoms with van der Waals surface area (Å²) in [5, 5.41) is 2.76. The molecule has 8 heteroatoms. The maximum Gasteiger partial charge on any atom is 0.118 e. The highest BCUT2D eigenvalue weighted by Crippen LogP contribution is 2.35. The average molecular weight is 640 g/mol. The van der Waals surface area contributed by atoms with Crippen LogP contribution in [-0.2, 0) is 0 Å². The third kappa shape index (κ3) is 8.62. The fourth-order valence-corrected chi connectivity index (χ4v) is 5.32. The second kappa shape index (κ2) is 14.4. The lowest BCUT2D eigenvalue weighted by atomic mass is 9.93. The summed E-state index contributed by atoms with van der Waals surface area (Å²) < 4.78 is 0. The molecule has 0 bridgehead atoms. The Kier molecular flexibility index (Phi) is 11.9. The Morgan fingerprint density at radius 3 is 0.611 bits per heavy atom. The van der Waals surface area contributed by atoms with Crippen LogP contribution >= 0.6 is 92.8 Å². The van der Waals surface area contributed by atoms with E-state index in [2.05, 4.69) is 0 Å². The molecule has 0 heterocycles. The van der Waals surface area contributed by atoms with Crippen LogP contribution in [0.1, 0.15) is 34.1 Å². The summed E-state index contributed by atoms with van der Waals surface area (Å²) in [6.45, 7) is 0. The molecule has 0 fully saturated rings. The first-order valence-electron chi connectivity index (χ1n) is 10.7. The van der Waals surface area contributed by atoms with E-state index in [-0.39, 0.29) is 11.8 Å². The summed E-state index contributed by atoms with van der Waals surface area (Å²) >= 11 is 47.9. The summed E-state index contributed by atoms with van der Waals surface area (Å²) in [6, 6.07) is 30.1. The fourth-order valence-electron chi connectivity index (χ4n) is 3.65. The van der Waals surface area contributed by atoms with Gasteiger partial charge in [0.1, 0.15) is 9.67 Å². The smallest absolute Gasteiger partial charge is 0.104 e. The van der Waals surface area contributed by atoms with Crippen LogP contribution in [0.25, 0.3) is 0 Å². The highest BCUT2D eigenvalue weighted by atomic mass is 35.5. The lowest BCUT2D eigenvalue weighted by Crippen LogP contribution is -2.08. The molecular weight excluding hydrogens is 620 g/mol. The zero-order valence-electron chi connectivity index (χ0n) is 18.6. The van der Waals surface area contributed by atoms with E-state index in [1.165, 1.54) is 0 Å². The molecule has 188 valence electrons. The van der Waals surface area contributed by atoms with Crippen LogP contribution in [0.5, 0.6) is 0 Å².